The second-order valence-electron chi connectivity index (χ2n) is 3.82. The summed E-state index contributed by atoms with van der Waals surface area (Å²) in [5, 5.41) is 12.1. The van der Waals surface area contributed by atoms with E-state index in [4.69, 9.17) is 5.11 Å². The van der Waals surface area contributed by atoms with Gasteiger partial charge >= 0.3 is 0 Å². The van der Waals surface area contributed by atoms with E-state index in [2.05, 4.69) is 19.2 Å². The molecule has 2 heteroatoms. The van der Waals surface area contributed by atoms with Crippen LogP contribution in [0.5, 0.6) is 0 Å². The SMILES string of the molecule is CC(C)CNC(C)(C)CO. The smallest absolute Gasteiger partial charge is 0.0607 e. The lowest BCUT2D eigenvalue weighted by Gasteiger charge is -2.24. The first-order valence-electron chi connectivity index (χ1n) is 3.84. The molecule has 2 N–H and O–H groups in total. The van der Waals surface area contributed by atoms with Crippen LogP contribution in [0, 0.1) is 5.92 Å². The zero-order valence-electron chi connectivity index (χ0n) is 7.44. The number of nitrogens with one attached hydrogen (secondary N) is 1. The van der Waals surface area contributed by atoms with Gasteiger partial charge in [0, 0.05) is 5.54 Å². The maximum absolute atomic E-state index is 8.84. The summed E-state index contributed by atoms with van der Waals surface area (Å²) < 4.78 is 0. The van der Waals surface area contributed by atoms with E-state index in [9.17, 15) is 0 Å². The van der Waals surface area contributed by atoms with Gasteiger partial charge in [0.05, 0.1) is 6.61 Å². The quantitative estimate of drug-likeness (QED) is 0.618. The molecule has 0 radical (unpaired) electrons. The molecular weight excluding hydrogens is 126 g/mol. The molecule has 0 unspecified atom stereocenters. The van der Waals surface area contributed by atoms with E-state index in [0.29, 0.717) is 5.92 Å². The molecule has 0 aromatic heterocycles. The Bertz CT molecular complexity index is 89.3. The standard InChI is InChI=1S/C8H19NO/c1-7(2)5-9-8(3,4)6-10/h7,9-10H,5-6H2,1-4H3. The minimum atomic E-state index is -0.121. The summed E-state index contributed by atoms with van der Waals surface area (Å²) >= 11 is 0. The summed E-state index contributed by atoms with van der Waals surface area (Å²) in [5.41, 5.74) is -0.121. The lowest BCUT2D eigenvalue weighted by molar-refractivity contribution is 0.185. The van der Waals surface area contributed by atoms with Crippen LogP contribution in [0.4, 0.5) is 0 Å². The normalized spacial score (nSPS) is 12.6. The first kappa shape index (κ1) is 9.92. The number of aliphatic hydroxyl groups is 1. The average Bonchev–Trinajstić information content (AvgIpc) is 1.85. The van der Waals surface area contributed by atoms with Gasteiger partial charge < -0.3 is 10.4 Å². The van der Waals surface area contributed by atoms with Crippen molar-refractivity contribution in [3.8, 4) is 0 Å². The highest BCUT2D eigenvalue weighted by Gasteiger charge is 2.14. The van der Waals surface area contributed by atoms with Gasteiger partial charge in [0.1, 0.15) is 0 Å². The van der Waals surface area contributed by atoms with E-state index in [0.717, 1.165) is 6.54 Å². The highest BCUT2D eigenvalue weighted by Crippen LogP contribution is 2.00. The number of aliphatic hydroxyl groups excluding tert-OH is 1. The molecule has 0 aliphatic rings. The first-order valence-corrected chi connectivity index (χ1v) is 3.84. The predicted molar refractivity (Wildman–Crippen MR) is 44.0 cm³/mol. The first-order chi connectivity index (χ1) is 4.48. The summed E-state index contributed by atoms with van der Waals surface area (Å²) in [6.07, 6.45) is 0. The van der Waals surface area contributed by atoms with Crippen molar-refractivity contribution in [2.45, 2.75) is 33.2 Å². The van der Waals surface area contributed by atoms with Crippen molar-refractivity contribution in [1.82, 2.24) is 5.32 Å². The summed E-state index contributed by atoms with van der Waals surface area (Å²) in [6.45, 7) is 9.46. The van der Waals surface area contributed by atoms with Gasteiger partial charge in [0.15, 0.2) is 0 Å². The molecule has 0 saturated carbocycles. The van der Waals surface area contributed by atoms with Gasteiger partial charge in [-0.15, -0.1) is 0 Å². The Kier molecular flexibility index (Phi) is 3.91. The van der Waals surface area contributed by atoms with Gasteiger partial charge in [-0.25, -0.2) is 0 Å². The Morgan fingerprint density at radius 3 is 2.20 bits per heavy atom. The number of hydrogen-bond acceptors (Lipinski definition) is 2. The fourth-order valence-electron chi connectivity index (χ4n) is 0.536. The van der Waals surface area contributed by atoms with Crippen molar-refractivity contribution in [3.05, 3.63) is 0 Å². The molecule has 0 aromatic rings. The maximum atomic E-state index is 8.84. The zero-order valence-corrected chi connectivity index (χ0v) is 7.44. The van der Waals surface area contributed by atoms with Gasteiger partial charge in [0.2, 0.25) is 0 Å². The fraction of sp³-hybridized carbons (Fsp3) is 1.00. The minimum Gasteiger partial charge on any atom is -0.394 e. The van der Waals surface area contributed by atoms with Crippen LogP contribution < -0.4 is 5.32 Å². The van der Waals surface area contributed by atoms with Crippen molar-refractivity contribution < 1.29 is 5.11 Å². The lowest BCUT2D eigenvalue weighted by atomic mass is 10.1. The molecule has 0 rings (SSSR count). The monoisotopic (exact) mass is 145 g/mol. The van der Waals surface area contributed by atoms with Crippen LogP contribution >= 0.6 is 0 Å². The third kappa shape index (κ3) is 4.77. The zero-order chi connectivity index (χ0) is 8.20. The van der Waals surface area contributed by atoms with Crippen LogP contribution in [0.3, 0.4) is 0 Å². The molecule has 0 aromatic carbocycles. The Labute approximate surface area is 63.6 Å². The number of hydrogen-bond donors (Lipinski definition) is 2. The molecule has 0 fully saturated rings. The Morgan fingerprint density at radius 1 is 1.40 bits per heavy atom. The van der Waals surface area contributed by atoms with Gasteiger partial charge in [-0.2, -0.15) is 0 Å². The van der Waals surface area contributed by atoms with Crippen molar-refractivity contribution >= 4 is 0 Å². The van der Waals surface area contributed by atoms with Gasteiger partial charge in [0.25, 0.3) is 0 Å². The van der Waals surface area contributed by atoms with Crippen LogP contribution in [0.1, 0.15) is 27.7 Å². The molecular formula is C8H19NO. The van der Waals surface area contributed by atoms with Crippen LogP contribution in [0.25, 0.3) is 0 Å². The third-order valence-corrected chi connectivity index (χ3v) is 1.38. The van der Waals surface area contributed by atoms with E-state index in [-0.39, 0.29) is 12.1 Å². The molecule has 2 nitrogen and oxygen atoms in total. The molecule has 62 valence electrons. The van der Waals surface area contributed by atoms with Crippen LogP contribution in [0.15, 0.2) is 0 Å². The molecule has 0 aliphatic carbocycles. The molecule has 0 saturated heterocycles. The molecule has 0 bridgehead atoms. The Hall–Kier alpha value is -0.0800. The molecule has 0 heterocycles. The highest BCUT2D eigenvalue weighted by molar-refractivity contribution is 4.75. The second kappa shape index (κ2) is 3.94. The lowest BCUT2D eigenvalue weighted by Crippen LogP contribution is -2.44. The van der Waals surface area contributed by atoms with Crippen LogP contribution in [-0.2, 0) is 0 Å². The van der Waals surface area contributed by atoms with E-state index < -0.39 is 0 Å². The van der Waals surface area contributed by atoms with E-state index in [1.54, 1.807) is 0 Å². The van der Waals surface area contributed by atoms with E-state index >= 15 is 0 Å². The second-order valence-corrected chi connectivity index (χ2v) is 3.82. The Balaban J connectivity index is 3.46. The topological polar surface area (TPSA) is 32.3 Å². The molecule has 0 amide bonds. The van der Waals surface area contributed by atoms with E-state index in [1.165, 1.54) is 0 Å². The van der Waals surface area contributed by atoms with Crippen molar-refractivity contribution in [3.63, 3.8) is 0 Å². The van der Waals surface area contributed by atoms with Crippen molar-refractivity contribution in [1.29, 1.82) is 0 Å². The fourth-order valence-corrected chi connectivity index (χ4v) is 0.536. The Morgan fingerprint density at radius 2 is 1.90 bits per heavy atom. The van der Waals surface area contributed by atoms with Gasteiger partial charge in [-0.3, -0.25) is 0 Å². The molecule has 0 aliphatic heterocycles. The molecule has 0 atom stereocenters. The maximum Gasteiger partial charge on any atom is 0.0607 e. The largest absolute Gasteiger partial charge is 0.394 e. The minimum absolute atomic E-state index is 0.121. The van der Waals surface area contributed by atoms with Gasteiger partial charge in [-0.1, -0.05) is 13.8 Å². The van der Waals surface area contributed by atoms with Gasteiger partial charge in [-0.05, 0) is 26.3 Å². The summed E-state index contributed by atoms with van der Waals surface area (Å²) in [5.74, 6) is 0.644. The highest BCUT2D eigenvalue weighted by atomic mass is 16.3. The van der Waals surface area contributed by atoms with Crippen molar-refractivity contribution in [2.75, 3.05) is 13.2 Å². The summed E-state index contributed by atoms with van der Waals surface area (Å²) in [4.78, 5) is 0. The summed E-state index contributed by atoms with van der Waals surface area (Å²) in [6, 6.07) is 0. The predicted octanol–water partition coefficient (Wildman–Crippen LogP) is 1.00. The summed E-state index contributed by atoms with van der Waals surface area (Å²) in [7, 11) is 0. The molecule has 0 spiro atoms. The van der Waals surface area contributed by atoms with Crippen LogP contribution in [0.2, 0.25) is 0 Å². The van der Waals surface area contributed by atoms with Crippen molar-refractivity contribution in [2.24, 2.45) is 5.92 Å². The average molecular weight is 145 g/mol. The van der Waals surface area contributed by atoms with E-state index in [1.807, 2.05) is 13.8 Å². The van der Waals surface area contributed by atoms with Crippen LogP contribution in [-0.4, -0.2) is 23.8 Å². The molecule has 10 heavy (non-hydrogen) atoms. The third-order valence-electron chi connectivity index (χ3n) is 1.38. The number of rotatable bonds is 4.